The number of ether oxygens (including phenoxy) is 1. The first-order chi connectivity index (χ1) is 18.0. The third kappa shape index (κ3) is 4.73. The number of hydrogen-bond acceptors (Lipinski definition) is 6. The summed E-state index contributed by atoms with van der Waals surface area (Å²) in [6, 6.07) is 14.5. The monoisotopic (exact) mass is 492 g/mol. The molecule has 3 aromatic heterocycles. The number of H-pyrrole nitrogens is 1. The van der Waals surface area contributed by atoms with Gasteiger partial charge in [0.15, 0.2) is 0 Å². The van der Waals surface area contributed by atoms with Crippen molar-refractivity contribution in [2.24, 2.45) is 0 Å². The zero-order chi connectivity index (χ0) is 25.4. The molecular weight excluding hydrogens is 460 g/mol. The number of anilines is 1. The number of nitrogens with one attached hydrogen (secondary N) is 1. The van der Waals surface area contributed by atoms with E-state index in [2.05, 4.69) is 57.1 Å². The number of nitrogens with zero attached hydrogens (tertiary/aromatic N) is 5. The van der Waals surface area contributed by atoms with Gasteiger partial charge in [-0.2, -0.15) is 0 Å². The Morgan fingerprint density at radius 2 is 1.81 bits per heavy atom. The summed E-state index contributed by atoms with van der Waals surface area (Å²) in [6.07, 6.45) is 8.72. The number of piperidine rings is 1. The minimum absolute atomic E-state index is 0.0907. The van der Waals surface area contributed by atoms with Crippen LogP contribution in [0.4, 0.5) is 5.82 Å². The van der Waals surface area contributed by atoms with E-state index in [4.69, 9.17) is 14.7 Å². The molecule has 1 N–H and O–H groups in total. The van der Waals surface area contributed by atoms with Crippen molar-refractivity contribution in [3.8, 4) is 17.1 Å². The van der Waals surface area contributed by atoms with E-state index in [9.17, 15) is 0 Å². The second kappa shape index (κ2) is 9.81. The maximum absolute atomic E-state index is 5.81. The third-order valence-electron chi connectivity index (χ3n) is 7.22. The highest BCUT2D eigenvalue weighted by molar-refractivity contribution is 5.91. The van der Waals surface area contributed by atoms with E-state index in [1.807, 2.05) is 38.2 Å². The number of aromatic nitrogens is 5. The maximum Gasteiger partial charge on any atom is 0.214 e. The smallest absolute Gasteiger partial charge is 0.214 e. The number of aromatic amines is 1. The highest BCUT2D eigenvalue weighted by Crippen LogP contribution is 2.38. The number of aryl methyl sites for hydroxylation is 1. The van der Waals surface area contributed by atoms with Crippen molar-refractivity contribution in [1.82, 2.24) is 24.9 Å². The van der Waals surface area contributed by atoms with Crippen molar-refractivity contribution in [3.05, 3.63) is 83.3 Å². The largest absolute Gasteiger partial charge is 0.475 e. The minimum Gasteiger partial charge on any atom is -0.475 e. The molecule has 4 heterocycles. The number of pyridine rings is 1. The van der Waals surface area contributed by atoms with Crippen LogP contribution in [0.15, 0.2) is 55.0 Å². The van der Waals surface area contributed by atoms with Crippen LogP contribution < -0.4 is 9.64 Å². The Labute approximate surface area is 217 Å². The van der Waals surface area contributed by atoms with Gasteiger partial charge in [-0.05, 0) is 56.9 Å². The summed E-state index contributed by atoms with van der Waals surface area (Å²) < 4.78 is 5.81. The summed E-state index contributed by atoms with van der Waals surface area (Å²) in [5.74, 6) is 3.21. The second-order valence-electron chi connectivity index (χ2n) is 10.2. The fourth-order valence-electron chi connectivity index (χ4n) is 5.39. The lowest BCUT2D eigenvalue weighted by Gasteiger charge is -2.32. The molecule has 0 atom stereocenters. The van der Waals surface area contributed by atoms with Crippen LogP contribution in [0.25, 0.3) is 22.9 Å². The van der Waals surface area contributed by atoms with Crippen LogP contribution in [-0.2, 0) is 6.42 Å². The van der Waals surface area contributed by atoms with Gasteiger partial charge in [0.2, 0.25) is 5.88 Å². The normalized spacial score (nSPS) is 15.7. The van der Waals surface area contributed by atoms with E-state index in [-0.39, 0.29) is 6.10 Å². The Bertz CT molecular complexity index is 1430. The predicted molar refractivity (Wildman–Crippen MR) is 147 cm³/mol. The van der Waals surface area contributed by atoms with Crippen LogP contribution in [0.3, 0.4) is 0 Å². The van der Waals surface area contributed by atoms with E-state index in [0.29, 0.717) is 11.8 Å². The van der Waals surface area contributed by atoms with Gasteiger partial charge in [-0.1, -0.05) is 30.3 Å². The molecule has 37 heavy (non-hydrogen) atoms. The minimum atomic E-state index is 0.0907. The van der Waals surface area contributed by atoms with E-state index in [1.54, 1.807) is 6.33 Å². The third-order valence-corrected chi connectivity index (χ3v) is 7.22. The summed E-state index contributed by atoms with van der Waals surface area (Å²) >= 11 is 0. The highest BCUT2D eigenvalue weighted by Gasteiger charge is 2.28. The van der Waals surface area contributed by atoms with Crippen molar-refractivity contribution in [2.75, 3.05) is 18.0 Å². The number of allylic oxidation sites excluding steroid dienone is 1. The molecule has 0 radical (unpaired) electrons. The zero-order valence-corrected chi connectivity index (χ0v) is 21.6. The maximum atomic E-state index is 5.81. The van der Waals surface area contributed by atoms with Crippen LogP contribution >= 0.6 is 0 Å². The molecular formula is C30H32N6O. The van der Waals surface area contributed by atoms with Gasteiger partial charge < -0.3 is 14.6 Å². The summed E-state index contributed by atoms with van der Waals surface area (Å²) in [4.78, 5) is 24.7. The van der Waals surface area contributed by atoms with Crippen LogP contribution in [0, 0.1) is 6.92 Å². The molecule has 6 rings (SSSR count). The molecule has 1 aromatic carbocycles. The molecule has 1 fully saturated rings. The average Bonchev–Trinajstić information content (AvgIpc) is 3.53. The number of imidazole rings is 1. The van der Waals surface area contributed by atoms with Gasteiger partial charge >= 0.3 is 0 Å². The first kappa shape index (κ1) is 23.4. The van der Waals surface area contributed by atoms with Gasteiger partial charge in [0, 0.05) is 54.5 Å². The molecule has 188 valence electrons. The van der Waals surface area contributed by atoms with Crippen LogP contribution in [0.5, 0.6) is 5.88 Å². The van der Waals surface area contributed by atoms with Crippen molar-refractivity contribution in [1.29, 1.82) is 0 Å². The topological polar surface area (TPSA) is 79.8 Å². The van der Waals surface area contributed by atoms with Crippen LogP contribution in [0.1, 0.15) is 60.9 Å². The Morgan fingerprint density at radius 1 is 1.00 bits per heavy atom. The molecule has 0 spiro atoms. The molecule has 0 amide bonds. The van der Waals surface area contributed by atoms with Crippen LogP contribution in [0.2, 0.25) is 0 Å². The second-order valence-corrected chi connectivity index (χ2v) is 10.2. The fraction of sp³-hybridized carbons (Fsp3) is 0.333. The van der Waals surface area contributed by atoms with Crippen molar-refractivity contribution < 1.29 is 4.74 Å². The first-order valence-electron chi connectivity index (χ1n) is 13.1. The Kier molecular flexibility index (Phi) is 6.20. The Balaban J connectivity index is 1.18. The molecule has 7 heteroatoms. The van der Waals surface area contributed by atoms with E-state index < -0.39 is 0 Å². The molecule has 1 saturated heterocycles. The molecule has 1 aliphatic carbocycles. The molecule has 0 unspecified atom stereocenters. The van der Waals surface area contributed by atoms with Gasteiger partial charge in [-0.3, -0.25) is 0 Å². The van der Waals surface area contributed by atoms with Gasteiger partial charge in [0.05, 0.1) is 17.5 Å². The molecule has 2 aliphatic rings. The Hall–Kier alpha value is -4.00. The lowest BCUT2D eigenvalue weighted by atomic mass is 9.96. The molecule has 7 nitrogen and oxygen atoms in total. The average molecular weight is 493 g/mol. The lowest BCUT2D eigenvalue weighted by Crippen LogP contribution is -2.34. The summed E-state index contributed by atoms with van der Waals surface area (Å²) in [5.41, 5.74) is 7.92. The van der Waals surface area contributed by atoms with E-state index in [1.165, 1.54) is 5.57 Å². The molecule has 0 saturated carbocycles. The summed E-state index contributed by atoms with van der Waals surface area (Å²) in [7, 11) is 0. The van der Waals surface area contributed by atoms with Gasteiger partial charge in [-0.25, -0.2) is 19.9 Å². The van der Waals surface area contributed by atoms with Crippen LogP contribution in [-0.4, -0.2) is 44.1 Å². The van der Waals surface area contributed by atoms with E-state index in [0.717, 1.165) is 77.8 Å². The highest BCUT2D eigenvalue weighted by atomic mass is 16.5. The molecule has 0 bridgehead atoms. The zero-order valence-electron chi connectivity index (χ0n) is 21.6. The lowest BCUT2D eigenvalue weighted by molar-refractivity contribution is 0.232. The standard InChI is InChI=1S/C30H32N6O/c1-19(2)37-27-17-23(9-12-31-27)24-15-25-26(16-24)32-18-33-30(25)36-13-10-22(11-14-36)29-34-20(3)28(35-29)21-7-5-4-6-8-21/h4-9,12,15,17-19,22H,10-11,13-14,16H2,1-3H3,(H,34,35). The fourth-order valence-corrected chi connectivity index (χ4v) is 5.39. The van der Waals surface area contributed by atoms with Gasteiger partial charge in [-0.15, -0.1) is 0 Å². The van der Waals surface area contributed by atoms with E-state index >= 15 is 0 Å². The molecule has 1 aliphatic heterocycles. The molecule has 4 aromatic rings. The predicted octanol–water partition coefficient (Wildman–Crippen LogP) is 5.84. The Morgan fingerprint density at radius 3 is 2.59 bits per heavy atom. The summed E-state index contributed by atoms with van der Waals surface area (Å²) in [6.45, 7) is 8.03. The van der Waals surface area contributed by atoms with Gasteiger partial charge in [0.25, 0.3) is 0 Å². The number of hydrogen-bond donors (Lipinski definition) is 1. The summed E-state index contributed by atoms with van der Waals surface area (Å²) in [5, 5.41) is 0. The number of benzene rings is 1. The van der Waals surface area contributed by atoms with Crippen molar-refractivity contribution >= 4 is 17.5 Å². The number of rotatable bonds is 6. The number of fused-ring (bicyclic) bond motifs is 1. The quantitative estimate of drug-likeness (QED) is 0.364. The van der Waals surface area contributed by atoms with Gasteiger partial charge in [0.1, 0.15) is 18.0 Å². The van der Waals surface area contributed by atoms with Crippen molar-refractivity contribution in [3.63, 3.8) is 0 Å². The SMILES string of the molecule is Cc1[nH]c(C2CCN(c3ncnc4c3C=C(c3ccnc(OC(C)C)c3)C4)CC2)nc1-c1ccccc1. The first-order valence-corrected chi connectivity index (χ1v) is 13.1. The van der Waals surface area contributed by atoms with Crippen molar-refractivity contribution in [2.45, 2.75) is 52.1 Å².